The highest BCUT2D eigenvalue weighted by Crippen LogP contribution is 2.33. The number of amides is 1. The van der Waals surface area contributed by atoms with E-state index in [1.165, 1.54) is 0 Å². The molecule has 1 aliphatic carbocycles. The fourth-order valence-electron chi connectivity index (χ4n) is 2.63. The first-order valence-corrected chi connectivity index (χ1v) is 7.87. The summed E-state index contributed by atoms with van der Waals surface area (Å²) in [5.41, 5.74) is 2.11. The molecule has 1 amide bonds. The maximum Gasteiger partial charge on any atom is 0.260 e. The van der Waals surface area contributed by atoms with Crippen LogP contribution in [-0.2, 0) is 11.2 Å². The Morgan fingerprint density at radius 1 is 1.48 bits per heavy atom. The number of benzene rings is 1. The molecular weight excluding hydrogens is 266 g/mol. The van der Waals surface area contributed by atoms with Gasteiger partial charge in [0.25, 0.3) is 5.91 Å². The summed E-state index contributed by atoms with van der Waals surface area (Å²) in [7, 11) is 0. The summed E-state index contributed by atoms with van der Waals surface area (Å²) in [6.45, 7) is 4.60. The van der Waals surface area contributed by atoms with Gasteiger partial charge in [0.15, 0.2) is 6.10 Å². The highest BCUT2D eigenvalue weighted by molar-refractivity contribution is 5.80. The average Bonchev–Trinajstić information content (AvgIpc) is 2.84. The lowest BCUT2D eigenvalue weighted by molar-refractivity contribution is -0.127. The minimum atomic E-state index is -0.504. The molecule has 2 rings (SSSR count). The number of carbonyl (C=O) groups is 1. The highest BCUT2D eigenvalue weighted by Gasteiger charge is 2.21. The third-order valence-electron chi connectivity index (χ3n) is 3.92. The Morgan fingerprint density at radius 3 is 3.05 bits per heavy atom. The number of aliphatic hydroxyl groups is 1. The minimum absolute atomic E-state index is 0.0772. The van der Waals surface area contributed by atoms with Gasteiger partial charge in [-0.1, -0.05) is 25.8 Å². The van der Waals surface area contributed by atoms with Crippen LogP contribution in [0.2, 0.25) is 0 Å². The van der Waals surface area contributed by atoms with Crippen molar-refractivity contribution in [2.75, 3.05) is 6.54 Å². The summed E-state index contributed by atoms with van der Waals surface area (Å²) in [4.78, 5) is 11.9. The molecule has 0 aromatic heterocycles. The Hall–Kier alpha value is -1.55. The number of carbonyl (C=O) groups excluding carboxylic acids is 1. The molecule has 2 unspecified atom stereocenters. The summed E-state index contributed by atoms with van der Waals surface area (Å²) in [5, 5.41) is 12.7. The van der Waals surface area contributed by atoms with Crippen LogP contribution in [-0.4, -0.2) is 23.7 Å². The van der Waals surface area contributed by atoms with E-state index in [2.05, 4.69) is 12.2 Å². The second-order valence-electron chi connectivity index (χ2n) is 5.67. The van der Waals surface area contributed by atoms with E-state index >= 15 is 0 Å². The van der Waals surface area contributed by atoms with Crippen LogP contribution in [0.5, 0.6) is 5.75 Å². The SMILES string of the molecule is CCCCCNC(=O)C(C)Oc1ccc2c(c1)CCC2O. The molecule has 0 aliphatic heterocycles. The van der Waals surface area contributed by atoms with Gasteiger partial charge in [0, 0.05) is 6.54 Å². The van der Waals surface area contributed by atoms with Crippen LogP contribution >= 0.6 is 0 Å². The van der Waals surface area contributed by atoms with Crippen LogP contribution < -0.4 is 10.1 Å². The van der Waals surface area contributed by atoms with Gasteiger partial charge in [-0.15, -0.1) is 0 Å². The van der Waals surface area contributed by atoms with Crippen molar-refractivity contribution in [1.29, 1.82) is 0 Å². The molecule has 0 radical (unpaired) electrons. The van der Waals surface area contributed by atoms with Gasteiger partial charge in [0.1, 0.15) is 5.75 Å². The first kappa shape index (κ1) is 15.8. The average molecular weight is 291 g/mol. The normalized spacial score (nSPS) is 18.1. The lowest BCUT2D eigenvalue weighted by Gasteiger charge is -2.15. The smallest absolute Gasteiger partial charge is 0.260 e. The monoisotopic (exact) mass is 291 g/mol. The van der Waals surface area contributed by atoms with Crippen molar-refractivity contribution in [2.45, 2.75) is 58.2 Å². The molecule has 0 bridgehead atoms. The van der Waals surface area contributed by atoms with Crippen molar-refractivity contribution in [1.82, 2.24) is 5.32 Å². The summed E-state index contributed by atoms with van der Waals surface area (Å²) >= 11 is 0. The van der Waals surface area contributed by atoms with E-state index in [4.69, 9.17) is 4.74 Å². The summed E-state index contributed by atoms with van der Waals surface area (Å²) in [5.74, 6) is 0.616. The van der Waals surface area contributed by atoms with E-state index in [-0.39, 0.29) is 12.0 Å². The third kappa shape index (κ3) is 4.21. The van der Waals surface area contributed by atoms with Gasteiger partial charge in [0.05, 0.1) is 6.10 Å². The number of hydrogen-bond donors (Lipinski definition) is 2. The predicted octanol–water partition coefficient (Wildman–Crippen LogP) is 2.74. The largest absolute Gasteiger partial charge is 0.481 e. The van der Waals surface area contributed by atoms with Crippen molar-refractivity contribution in [3.8, 4) is 5.75 Å². The fourth-order valence-corrected chi connectivity index (χ4v) is 2.63. The van der Waals surface area contributed by atoms with E-state index in [0.717, 1.165) is 43.2 Å². The van der Waals surface area contributed by atoms with E-state index in [0.29, 0.717) is 12.3 Å². The Morgan fingerprint density at radius 2 is 2.29 bits per heavy atom. The third-order valence-corrected chi connectivity index (χ3v) is 3.92. The number of ether oxygens (including phenoxy) is 1. The second kappa shape index (κ2) is 7.46. The number of nitrogens with one attached hydrogen (secondary N) is 1. The van der Waals surface area contributed by atoms with Gasteiger partial charge < -0.3 is 15.2 Å². The second-order valence-corrected chi connectivity index (χ2v) is 5.67. The molecule has 4 nitrogen and oxygen atoms in total. The van der Waals surface area contributed by atoms with Crippen LogP contribution in [0.1, 0.15) is 56.8 Å². The Balaban J connectivity index is 1.85. The molecule has 0 spiro atoms. The van der Waals surface area contributed by atoms with E-state index in [1.54, 1.807) is 6.92 Å². The maximum absolute atomic E-state index is 11.9. The number of aliphatic hydroxyl groups excluding tert-OH is 1. The molecule has 4 heteroatoms. The van der Waals surface area contributed by atoms with Crippen LogP contribution in [0.3, 0.4) is 0 Å². The minimum Gasteiger partial charge on any atom is -0.481 e. The molecule has 0 heterocycles. The van der Waals surface area contributed by atoms with Crippen LogP contribution in [0.4, 0.5) is 0 Å². The standard InChI is InChI=1S/C17H25NO3/c1-3-4-5-10-18-17(20)12(2)21-14-7-8-15-13(11-14)6-9-16(15)19/h7-8,11-12,16,19H,3-6,9-10H2,1-2H3,(H,18,20). The summed E-state index contributed by atoms with van der Waals surface area (Å²) in [6.07, 6.45) is 4.05. The van der Waals surface area contributed by atoms with E-state index in [9.17, 15) is 9.90 Å². The zero-order chi connectivity index (χ0) is 15.2. The Kier molecular flexibility index (Phi) is 5.62. The van der Waals surface area contributed by atoms with Crippen molar-refractivity contribution in [2.24, 2.45) is 0 Å². The van der Waals surface area contributed by atoms with Crippen molar-refractivity contribution < 1.29 is 14.6 Å². The fraction of sp³-hybridized carbons (Fsp3) is 0.588. The van der Waals surface area contributed by atoms with Crippen molar-refractivity contribution >= 4 is 5.91 Å². The molecule has 1 aromatic carbocycles. The van der Waals surface area contributed by atoms with E-state index < -0.39 is 6.10 Å². The molecule has 21 heavy (non-hydrogen) atoms. The van der Waals surface area contributed by atoms with Gasteiger partial charge in [-0.3, -0.25) is 4.79 Å². The lowest BCUT2D eigenvalue weighted by atomic mass is 10.1. The number of hydrogen-bond acceptors (Lipinski definition) is 3. The van der Waals surface area contributed by atoms with Crippen LogP contribution in [0.25, 0.3) is 0 Å². The van der Waals surface area contributed by atoms with Crippen LogP contribution in [0.15, 0.2) is 18.2 Å². The molecule has 116 valence electrons. The van der Waals surface area contributed by atoms with Crippen LogP contribution in [0, 0.1) is 0 Å². The molecule has 0 saturated heterocycles. The highest BCUT2D eigenvalue weighted by atomic mass is 16.5. The molecular formula is C17H25NO3. The molecule has 0 saturated carbocycles. The number of aryl methyl sites for hydroxylation is 1. The van der Waals surface area contributed by atoms with Gasteiger partial charge in [-0.2, -0.15) is 0 Å². The number of unbranched alkanes of at least 4 members (excludes halogenated alkanes) is 2. The lowest BCUT2D eigenvalue weighted by Crippen LogP contribution is -2.36. The first-order valence-electron chi connectivity index (χ1n) is 7.87. The summed E-state index contributed by atoms with van der Waals surface area (Å²) < 4.78 is 5.70. The topological polar surface area (TPSA) is 58.6 Å². The first-order chi connectivity index (χ1) is 10.1. The van der Waals surface area contributed by atoms with E-state index in [1.807, 2.05) is 18.2 Å². The molecule has 1 aromatic rings. The van der Waals surface area contributed by atoms with Crippen molar-refractivity contribution in [3.63, 3.8) is 0 Å². The zero-order valence-electron chi connectivity index (χ0n) is 12.9. The quantitative estimate of drug-likeness (QED) is 0.759. The predicted molar refractivity (Wildman–Crippen MR) is 82.3 cm³/mol. The Labute approximate surface area is 126 Å². The van der Waals surface area contributed by atoms with Gasteiger partial charge in [0.2, 0.25) is 0 Å². The molecule has 0 fully saturated rings. The Bertz CT molecular complexity index is 487. The number of rotatable bonds is 7. The summed E-state index contributed by atoms with van der Waals surface area (Å²) in [6, 6.07) is 5.66. The number of fused-ring (bicyclic) bond motifs is 1. The molecule has 2 atom stereocenters. The maximum atomic E-state index is 11.9. The molecule has 1 aliphatic rings. The zero-order valence-corrected chi connectivity index (χ0v) is 12.9. The van der Waals surface area contributed by atoms with Gasteiger partial charge in [-0.05, 0) is 49.4 Å². The van der Waals surface area contributed by atoms with Gasteiger partial charge >= 0.3 is 0 Å². The molecule has 2 N–H and O–H groups in total. The van der Waals surface area contributed by atoms with Gasteiger partial charge in [-0.25, -0.2) is 0 Å². The van der Waals surface area contributed by atoms with Crippen molar-refractivity contribution in [3.05, 3.63) is 29.3 Å².